The fraction of sp³-hybridized carbons (Fsp3) is 0.500. The molecule has 0 bridgehead atoms. The Bertz CT molecular complexity index is 537. The second kappa shape index (κ2) is 5.79. The molecule has 1 amide bonds. The van der Waals surface area contributed by atoms with Crippen LogP contribution in [0.2, 0.25) is 5.02 Å². The molecule has 0 N–H and O–H groups in total. The van der Waals surface area contributed by atoms with Gasteiger partial charge in [-0.25, -0.2) is 0 Å². The largest absolute Gasteiger partial charge is 0.333 e. The zero-order valence-corrected chi connectivity index (χ0v) is 12.3. The molecule has 0 saturated carbocycles. The molecular weight excluding hydrogens is 280 g/mol. The fourth-order valence-electron chi connectivity index (χ4n) is 2.79. The normalized spacial score (nSPS) is 22.6. The number of hydrogen-bond acceptors (Lipinski definition) is 3. The van der Waals surface area contributed by atoms with Gasteiger partial charge in [-0.05, 0) is 39.2 Å². The first-order valence-corrected chi connectivity index (χ1v) is 7.07. The molecule has 2 atom stereocenters. The van der Waals surface area contributed by atoms with Crippen LogP contribution in [0, 0.1) is 10.1 Å². The molecule has 0 radical (unpaired) electrons. The molecule has 1 fully saturated rings. The van der Waals surface area contributed by atoms with Gasteiger partial charge in [0.15, 0.2) is 0 Å². The molecular formula is C14H17ClN2O3. The lowest BCUT2D eigenvalue weighted by molar-refractivity contribution is -0.384. The molecule has 6 heteroatoms. The summed E-state index contributed by atoms with van der Waals surface area (Å²) in [6.45, 7) is 4.00. The second-order valence-electron chi connectivity index (χ2n) is 5.24. The van der Waals surface area contributed by atoms with E-state index >= 15 is 0 Å². The van der Waals surface area contributed by atoms with Crippen molar-refractivity contribution in [1.82, 2.24) is 4.90 Å². The summed E-state index contributed by atoms with van der Waals surface area (Å²) < 4.78 is 0. The summed E-state index contributed by atoms with van der Waals surface area (Å²) in [5.41, 5.74) is -0.0173. The lowest BCUT2D eigenvalue weighted by Gasteiger charge is -2.39. The van der Waals surface area contributed by atoms with Crippen LogP contribution >= 0.6 is 11.6 Å². The third kappa shape index (κ3) is 2.63. The van der Waals surface area contributed by atoms with Crippen LogP contribution in [-0.4, -0.2) is 27.8 Å². The van der Waals surface area contributed by atoms with Gasteiger partial charge >= 0.3 is 0 Å². The first-order chi connectivity index (χ1) is 9.43. The maximum absolute atomic E-state index is 12.6. The molecule has 0 spiro atoms. The Kier molecular flexibility index (Phi) is 4.28. The van der Waals surface area contributed by atoms with E-state index in [4.69, 9.17) is 11.6 Å². The van der Waals surface area contributed by atoms with Crippen LogP contribution in [0.25, 0.3) is 0 Å². The van der Waals surface area contributed by atoms with Gasteiger partial charge in [-0.1, -0.05) is 17.7 Å². The molecule has 1 aromatic rings. The monoisotopic (exact) mass is 296 g/mol. The lowest BCUT2D eigenvalue weighted by Crippen LogP contribution is -2.47. The Morgan fingerprint density at radius 1 is 1.35 bits per heavy atom. The van der Waals surface area contributed by atoms with Crippen molar-refractivity contribution in [1.29, 1.82) is 0 Å². The molecule has 1 aliphatic heterocycles. The Balaban J connectivity index is 2.38. The maximum atomic E-state index is 12.6. The Morgan fingerprint density at radius 2 is 1.95 bits per heavy atom. The van der Waals surface area contributed by atoms with E-state index < -0.39 is 4.92 Å². The third-order valence-corrected chi connectivity index (χ3v) is 4.23. The van der Waals surface area contributed by atoms with Gasteiger partial charge in [0.1, 0.15) is 5.02 Å². The molecule has 1 aliphatic rings. The molecule has 1 aromatic carbocycles. The fourth-order valence-corrected chi connectivity index (χ4v) is 3.06. The molecule has 2 unspecified atom stereocenters. The van der Waals surface area contributed by atoms with Gasteiger partial charge in [0.2, 0.25) is 0 Å². The average molecular weight is 297 g/mol. The Labute approximate surface area is 122 Å². The molecule has 0 aliphatic carbocycles. The minimum absolute atomic E-state index is 0.0764. The average Bonchev–Trinajstić information content (AvgIpc) is 2.38. The number of benzene rings is 1. The number of piperidine rings is 1. The van der Waals surface area contributed by atoms with E-state index in [-0.39, 0.29) is 34.3 Å². The highest BCUT2D eigenvalue weighted by molar-refractivity contribution is 6.35. The zero-order chi connectivity index (χ0) is 14.9. The highest BCUT2D eigenvalue weighted by Gasteiger charge is 2.32. The van der Waals surface area contributed by atoms with E-state index in [1.807, 2.05) is 13.8 Å². The van der Waals surface area contributed by atoms with Gasteiger partial charge in [0.25, 0.3) is 11.6 Å². The minimum Gasteiger partial charge on any atom is -0.333 e. The van der Waals surface area contributed by atoms with Crippen molar-refractivity contribution in [2.75, 3.05) is 0 Å². The highest BCUT2D eigenvalue weighted by Crippen LogP contribution is 2.31. The van der Waals surface area contributed by atoms with Crippen molar-refractivity contribution >= 4 is 23.2 Å². The number of halogens is 1. The molecule has 2 rings (SSSR count). The zero-order valence-electron chi connectivity index (χ0n) is 11.5. The number of likely N-dealkylation sites (tertiary alicyclic amines) is 1. The molecule has 20 heavy (non-hydrogen) atoms. The predicted molar refractivity (Wildman–Crippen MR) is 77.1 cm³/mol. The van der Waals surface area contributed by atoms with E-state index in [1.165, 1.54) is 12.1 Å². The van der Waals surface area contributed by atoms with E-state index in [1.54, 1.807) is 11.0 Å². The summed E-state index contributed by atoms with van der Waals surface area (Å²) in [4.78, 5) is 24.8. The van der Waals surface area contributed by atoms with Crippen LogP contribution in [0.5, 0.6) is 0 Å². The SMILES string of the molecule is CC1CCCC(C)N1C(=O)c1cccc([N+](=O)[O-])c1Cl. The lowest BCUT2D eigenvalue weighted by atomic mass is 9.96. The number of amides is 1. The minimum atomic E-state index is -0.567. The Morgan fingerprint density at radius 3 is 2.50 bits per heavy atom. The number of nitro benzene ring substituents is 1. The van der Waals surface area contributed by atoms with E-state index in [0.717, 1.165) is 19.3 Å². The van der Waals surface area contributed by atoms with Crippen molar-refractivity contribution in [2.45, 2.75) is 45.2 Å². The summed E-state index contributed by atoms with van der Waals surface area (Å²) in [5.74, 6) is -0.224. The van der Waals surface area contributed by atoms with Crippen molar-refractivity contribution in [3.8, 4) is 0 Å². The number of rotatable bonds is 2. The first-order valence-electron chi connectivity index (χ1n) is 6.69. The van der Waals surface area contributed by atoms with Crippen LogP contribution in [-0.2, 0) is 0 Å². The number of nitrogens with zero attached hydrogens (tertiary/aromatic N) is 2. The number of carbonyl (C=O) groups is 1. The number of carbonyl (C=O) groups excluding carboxylic acids is 1. The second-order valence-corrected chi connectivity index (χ2v) is 5.62. The van der Waals surface area contributed by atoms with Gasteiger partial charge in [-0.2, -0.15) is 0 Å². The maximum Gasteiger partial charge on any atom is 0.288 e. The van der Waals surface area contributed by atoms with Crippen molar-refractivity contribution < 1.29 is 9.72 Å². The Hall–Kier alpha value is -1.62. The summed E-state index contributed by atoms with van der Waals surface area (Å²) in [5, 5.41) is 10.8. The van der Waals surface area contributed by atoms with E-state index in [9.17, 15) is 14.9 Å². The summed E-state index contributed by atoms with van der Waals surface area (Å²) in [7, 11) is 0. The van der Waals surface area contributed by atoms with Crippen molar-refractivity contribution in [3.05, 3.63) is 38.9 Å². The van der Waals surface area contributed by atoms with Crippen LogP contribution in [0.4, 0.5) is 5.69 Å². The molecule has 1 saturated heterocycles. The third-order valence-electron chi connectivity index (χ3n) is 3.83. The first kappa shape index (κ1) is 14.8. The topological polar surface area (TPSA) is 63.5 Å². The van der Waals surface area contributed by atoms with Crippen molar-refractivity contribution in [2.24, 2.45) is 0 Å². The molecule has 0 aromatic heterocycles. The summed E-state index contributed by atoms with van der Waals surface area (Å²) >= 11 is 6.02. The summed E-state index contributed by atoms with van der Waals surface area (Å²) in [6, 6.07) is 4.60. The predicted octanol–water partition coefficient (Wildman–Crippen LogP) is 3.65. The standard InChI is InChI=1S/C14H17ClN2O3/c1-9-5-3-6-10(2)16(9)14(18)11-7-4-8-12(13(11)15)17(19)20/h4,7-10H,3,5-6H2,1-2H3. The number of nitro groups is 1. The van der Waals surface area contributed by atoms with Crippen LogP contribution < -0.4 is 0 Å². The van der Waals surface area contributed by atoms with Crippen LogP contribution in [0.3, 0.4) is 0 Å². The van der Waals surface area contributed by atoms with Crippen LogP contribution in [0.1, 0.15) is 43.5 Å². The van der Waals surface area contributed by atoms with Crippen LogP contribution in [0.15, 0.2) is 18.2 Å². The quantitative estimate of drug-likeness (QED) is 0.618. The highest BCUT2D eigenvalue weighted by atomic mass is 35.5. The molecule has 5 nitrogen and oxygen atoms in total. The van der Waals surface area contributed by atoms with Crippen molar-refractivity contribution in [3.63, 3.8) is 0 Å². The van der Waals surface area contributed by atoms with Gasteiger partial charge < -0.3 is 4.90 Å². The van der Waals surface area contributed by atoms with Gasteiger partial charge in [-0.3, -0.25) is 14.9 Å². The van der Waals surface area contributed by atoms with Gasteiger partial charge in [-0.15, -0.1) is 0 Å². The summed E-state index contributed by atoms with van der Waals surface area (Å²) in [6.07, 6.45) is 2.99. The molecule has 108 valence electrons. The van der Waals surface area contributed by atoms with Gasteiger partial charge in [0.05, 0.1) is 10.5 Å². The van der Waals surface area contributed by atoms with Gasteiger partial charge in [0, 0.05) is 18.2 Å². The van der Waals surface area contributed by atoms with E-state index in [0.29, 0.717) is 0 Å². The number of hydrogen-bond donors (Lipinski definition) is 0. The van der Waals surface area contributed by atoms with E-state index in [2.05, 4.69) is 0 Å². The smallest absolute Gasteiger partial charge is 0.288 e. The molecule has 1 heterocycles.